The maximum atomic E-state index is 15.0. The van der Waals surface area contributed by atoms with Crippen molar-refractivity contribution in [3.05, 3.63) is 59.4 Å². The minimum absolute atomic E-state index is 0.00384. The Balaban J connectivity index is 1.93. The van der Waals surface area contributed by atoms with Crippen LogP contribution in [0.15, 0.2) is 36.4 Å². The lowest BCUT2D eigenvalue weighted by Gasteiger charge is -2.26. The average molecular weight is 461 g/mol. The molecule has 10 heteroatoms. The zero-order valence-electron chi connectivity index (χ0n) is 18.4. The topological polar surface area (TPSA) is 66.5 Å². The van der Waals surface area contributed by atoms with Gasteiger partial charge in [0.05, 0.1) is 23.0 Å². The average Bonchev–Trinajstić information content (AvgIpc) is 3.10. The van der Waals surface area contributed by atoms with Gasteiger partial charge in [-0.15, -0.1) is 10.2 Å². The van der Waals surface area contributed by atoms with E-state index in [-0.39, 0.29) is 22.7 Å². The predicted octanol–water partition coefficient (Wildman–Crippen LogP) is 4.97. The minimum atomic E-state index is -2.81. The van der Waals surface area contributed by atoms with Gasteiger partial charge in [-0.05, 0) is 69.5 Å². The Labute approximate surface area is 187 Å². The van der Waals surface area contributed by atoms with Crippen molar-refractivity contribution in [2.24, 2.45) is 0 Å². The first-order valence-electron chi connectivity index (χ1n) is 10.4. The molecular weight excluding hydrogens is 438 g/mol. The smallest absolute Gasteiger partial charge is 0.257 e. The summed E-state index contributed by atoms with van der Waals surface area (Å²) < 4.78 is 58.4. The van der Waals surface area contributed by atoms with Crippen molar-refractivity contribution in [2.45, 2.75) is 45.6 Å². The Bertz CT molecular complexity index is 1320. The molecule has 0 aliphatic heterocycles. The number of rotatable bonds is 7. The summed E-state index contributed by atoms with van der Waals surface area (Å²) in [6.07, 6.45) is -2.15. The molecule has 0 spiro atoms. The molecule has 0 aliphatic rings. The van der Waals surface area contributed by atoms with Crippen LogP contribution in [-0.2, 0) is 6.42 Å². The monoisotopic (exact) mass is 461 g/mol. The lowest BCUT2D eigenvalue weighted by atomic mass is 9.98. The molecule has 0 saturated carbocycles. The molecule has 2 aromatic carbocycles. The second-order valence-corrected chi connectivity index (χ2v) is 8.58. The third-order valence-electron chi connectivity index (χ3n) is 5.33. The van der Waals surface area contributed by atoms with Crippen LogP contribution in [-0.4, -0.2) is 43.3 Å². The van der Waals surface area contributed by atoms with E-state index in [1.165, 1.54) is 22.6 Å². The molecule has 33 heavy (non-hydrogen) atoms. The fourth-order valence-corrected chi connectivity index (χ4v) is 3.81. The number of benzene rings is 2. The van der Waals surface area contributed by atoms with E-state index in [4.69, 9.17) is 0 Å². The van der Waals surface area contributed by atoms with Crippen molar-refractivity contribution in [1.29, 1.82) is 0 Å². The number of halogens is 4. The molecule has 0 fully saturated rings. The molecule has 1 N–H and O–H groups in total. The molecule has 0 amide bonds. The molecule has 0 unspecified atom stereocenters. The lowest BCUT2D eigenvalue weighted by molar-refractivity contribution is 0.0714. The number of aromatic nitrogens is 4. The van der Waals surface area contributed by atoms with E-state index in [2.05, 4.69) is 15.2 Å². The Morgan fingerprint density at radius 2 is 1.88 bits per heavy atom. The molecule has 4 rings (SSSR count). The second-order valence-electron chi connectivity index (χ2n) is 8.58. The normalized spacial score (nSPS) is 12.3. The number of anilines is 2. The zero-order valence-corrected chi connectivity index (χ0v) is 18.4. The third-order valence-corrected chi connectivity index (χ3v) is 5.33. The summed E-state index contributed by atoms with van der Waals surface area (Å²) in [6.45, 7) is 4.09. The van der Waals surface area contributed by atoms with E-state index >= 15 is 4.39 Å². The quantitative estimate of drug-likeness (QED) is 0.394. The summed E-state index contributed by atoms with van der Waals surface area (Å²) in [6, 6.07) is 8.25. The van der Waals surface area contributed by atoms with Gasteiger partial charge in [0.1, 0.15) is 23.3 Å². The highest BCUT2D eigenvalue weighted by molar-refractivity contribution is 5.94. The Morgan fingerprint density at radius 3 is 2.58 bits per heavy atom. The molecule has 0 saturated heterocycles. The standard InChI is InChI=1S/C23H23F4N5O/c1-13-29-30-22-28-21(20-17(25)5-4-6-18(20)32(13)22)31(12-19(26)27)16-10-14(9-15(24)11-16)7-8-23(2,3)33/h4-6,9-11,19,33H,7-8,12H2,1-3H3. The van der Waals surface area contributed by atoms with Gasteiger partial charge >= 0.3 is 0 Å². The molecule has 0 bridgehead atoms. The molecule has 2 aromatic heterocycles. The van der Waals surface area contributed by atoms with Crippen LogP contribution in [0.25, 0.3) is 16.7 Å². The van der Waals surface area contributed by atoms with E-state index in [9.17, 15) is 18.3 Å². The van der Waals surface area contributed by atoms with Crippen LogP contribution in [0, 0.1) is 18.6 Å². The molecule has 0 atom stereocenters. The number of alkyl halides is 2. The van der Waals surface area contributed by atoms with Crippen molar-refractivity contribution in [1.82, 2.24) is 19.6 Å². The minimum Gasteiger partial charge on any atom is -0.390 e. The second kappa shape index (κ2) is 8.58. The largest absolute Gasteiger partial charge is 0.390 e. The summed E-state index contributed by atoms with van der Waals surface area (Å²) in [5.74, 6) is -0.842. The number of aryl methyl sites for hydroxylation is 2. The van der Waals surface area contributed by atoms with Gasteiger partial charge in [0, 0.05) is 5.69 Å². The third kappa shape index (κ3) is 4.75. The van der Waals surface area contributed by atoms with Gasteiger partial charge in [0.25, 0.3) is 12.2 Å². The summed E-state index contributed by atoms with van der Waals surface area (Å²) in [4.78, 5) is 5.43. The maximum Gasteiger partial charge on any atom is 0.257 e. The SMILES string of the molecule is Cc1nnc2nc(N(CC(F)F)c3cc(F)cc(CCC(C)(C)O)c3)c3c(F)cccc3n12. The van der Waals surface area contributed by atoms with Crippen LogP contribution in [0.4, 0.5) is 29.1 Å². The Kier molecular flexibility index (Phi) is 5.96. The summed E-state index contributed by atoms with van der Waals surface area (Å²) in [5, 5.41) is 17.9. The molecule has 0 radical (unpaired) electrons. The van der Waals surface area contributed by atoms with E-state index in [1.54, 1.807) is 32.9 Å². The molecular formula is C23H23F4N5O. The first-order chi connectivity index (χ1) is 15.5. The van der Waals surface area contributed by atoms with Gasteiger partial charge in [-0.3, -0.25) is 4.40 Å². The van der Waals surface area contributed by atoms with Gasteiger partial charge in [0.2, 0.25) is 0 Å². The number of nitrogens with zero attached hydrogens (tertiary/aromatic N) is 5. The molecule has 6 nitrogen and oxygen atoms in total. The van der Waals surface area contributed by atoms with Crippen LogP contribution in [0.5, 0.6) is 0 Å². The van der Waals surface area contributed by atoms with Crippen molar-refractivity contribution in [3.63, 3.8) is 0 Å². The lowest BCUT2D eigenvalue weighted by Crippen LogP contribution is -2.26. The van der Waals surface area contributed by atoms with Crippen molar-refractivity contribution in [2.75, 3.05) is 11.4 Å². The fourth-order valence-electron chi connectivity index (χ4n) is 3.81. The van der Waals surface area contributed by atoms with Crippen molar-refractivity contribution >= 4 is 28.2 Å². The number of aliphatic hydroxyl groups is 1. The zero-order chi connectivity index (χ0) is 23.9. The van der Waals surface area contributed by atoms with Crippen LogP contribution in [0.3, 0.4) is 0 Å². The van der Waals surface area contributed by atoms with Crippen molar-refractivity contribution in [3.8, 4) is 0 Å². The van der Waals surface area contributed by atoms with Crippen molar-refractivity contribution < 1.29 is 22.7 Å². The number of hydrogen-bond acceptors (Lipinski definition) is 5. The highest BCUT2D eigenvalue weighted by Crippen LogP contribution is 2.35. The van der Waals surface area contributed by atoms with Gasteiger partial charge in [-0.1, -0.05) is 6.07 Å². The number of hydrogen-bond donors (Lipinski definition) is 1. The summed E-state index contributed by atoms with van der Waals surface area (Å²) in [5.41, 5.74) is -0.0169. The first kappa shape index (κ1) is 22.9. The van der Waals surface area contributed by atoms with Gasteiger partial charge in [-0.2, -0.15) is 4.98 Å². The predicted molar refractivity (Wildman–Crippen MR) is 117 cm³/mol. The highest BCUT2D eigenvalue weighted by atomic mass is 19.3. The molecule has 0 aliphatic carbocycles. The van der Waals surface area contributed by atoms with Gasteiger partial charge < -0.3 is 10.0 Å². The van der Waals surface area contributed by atoms with Gasteiger partial charge in [0.15, 0.2) is 0 Å². The number of fused-ring (bicyclic) bond motifs is 3. The van der Waals surface area contributed by atoms with Crippen LogP contribution < -0.4 is 4.90 Å². The van der Waals surface area contributed by atoms with Crippen LogP contribution in [0.2, 0.25) is 0 Å². The molecule has 4 aromatic rings. The van der Waals surface area contributed by atoms with Crippen LogP contribution in [0.1, 0.15) is 31.7 Å². The van der Waals surface area contributed by atoms with E-state index in [1.807, 2.05) is 0 Å². The van der Waals surface area contributed by atoms with Crippen LogP contribution >= 0.6 is 0 Å². The summed E-state index contributed by atoms with van der Waals surface area (Å²) >= 11 is 0. The Hall–Kier alpha value is -3.27. The molecule has 174 valence electrons. The van der Waals surface area contributed by atoms with E-state index in [0.717, 1.165) is 11.0 Å². The fraction of sp³-hybridized carbons (Fsp3) is 0.348. The van der Waals surface area contributed by atoms with E-state index < -0.39 is 30.2 Å². The Morgan fingerprint density at radius 1 is 1.12 bits per heavy atom. The highest BCUT2D eigenvalue weighted by Gasteiger charge is 2.24. The molecule has 2 heterocycles. The first-order valence-corrected chi connectivity index (χ1v) is 10.4. The van der Waals surface area contributed by atoms with Gasteiger partial charge in [-0.25, -0.2) is 17.6 Å². The summed E-state index contributed by atoms with van der Waals surface area (Å²) in [7, 11) is 0. The maximum absolute atomic E-state index is 15.0. The van der Waals surface area contributed by atoms with E-state index in [0.29, 0.717) is 29.7 Å².